The zero-order valence-corrected chi connectivity index (χ0v) is 15.6. The van der Waals surface area contributed by atoms with E-state index in [-0.39, 0.29) is 22.7 Å². The van der Waals surface area contributed by atoms with Crippen molar-refractivity contribution < 1.29 is 9.53 Å². The lowest BCUT2D eigenvalue weighted by Gasteiger charge is -2.19. The average molecular weight is 314 g/mol. The monoisotopic (exact) mass is 314 g/mol. The second kappa shape index (κ2) is 6.14. The Balaban J connectivity index is 1.94. The number of esters is 1. The van der Waals surface area contributed by atoms with Crippen LogP contribution in [-0.2, 0) is 21.6 Å². The number of carbonyl (C=O) groups excluding carboxylic acids is 1. The first kappa shape index (κ1) is 17.8. The second-order valence-electron chi connectivity index (χ2n) is 8.62. The molecule has 0 N–H and O–H groups in total. The number of hydrogen-bond donors (Lipinski definition) is 0. The molecule has 1 aromatic rings. The predicted molar refractivity (Wildman–Crippen MR) is 95.1 cm³/mol. The molecule has 0 radical (unpaired) electrons. The molecule has 0 aromatic heterocycles. The van der Waals surface area contributed by atoms with Crippen LogP contribution in [0.5, 0.6) is 0 Å². The van der Waals surface area contributed by atoms with Gasteiger partial charge in [0, 0.05) is 0 Å². The Labute approximate surface area is 140 Å². The highest BCUT2D eigenvalue weighted by molar-refractivity contribution is 5.78. The average Bonchev–Trinajstić information content (AvgIpc) is 2.96. The summed E-state index contributed by atoms with van der Waals surface area (Å²) in [7, 11) is 0. The van der Waals surface area contributed by atoms with Crippen LogP contribution in [0.4, 0.5) is 0 Å². The molecule has 0 heterocycles. The summed E-state index contributed by atoms with van der Waals surface area (Å²) in [5, 5.41) is 0. The van der Waals surface area contributed by atoms with E-state index in [1.54, 1.807) is 0 Å². The molecule has 0 amide bonds. The Kier molecular flexibility index (Phi) is 4.75. The van der Waals surface area contributed by atoms with Crippen molar-refractivity contribution in [1.29, 1.82) is 0 Å². The molecule has 1 saturated carbocycles. The summed E-state index contributed by atoms with van der Waals surface area (Å²) in [6.07, 6.45) is 2.20. The molecule has 0 saturated heterocycles. The molecular formula is C21H30O2. The summed E-state index contributed by atoms with van der Waals surface area (Å²) in [4.78, 5) is 12.4. The van der Waals surface area contributed by atoms with Gasteiger partial charge in [0.15, 0.2) is 0 Å². The molecule has 0 spiro atoms. The van der Waals surface area contributed by atoms with Crippen molar-refractivity contribution in [3.05, 3.63) is 47.0 Å². The SMILES string of the molecule is CC(C)=CC1C(C(=O)OCc2ccc(C(C)(C)C)cc2)C1(C)C. The summed E-state index contributed by atoms with van der Waals surface area (Å²) >= 11 is 0. The van der Waals surface area contributed by atoms with Crippen molar-refractivity contribution in [2.24, 2.45) is 17.3 Å². The number of rotatable bonds is 4. The Bertz CT molecular complexity index is 596. The first-order valence-electron chi connectivity index (χ1n) is 8.44. The third-order valence-electron chi connectivity index (χ3n) is 4.88. The number of benzene rings is 1. The van der Waals surface area contributed by atoms with E-state index < -0.39 is 0 Å². The maximum atomic E-state index is 12.4. The summed E-state index contributed by atoms with van der Waals surface area (Å²) in [5.74, 6) is 0.229. The molecule has 2 nitrogen and oxygen atoms in total. The molecule has 2 rings (SSSR count). The largest absolute Gasteiger partial charge is 0.461 e. The molecule has 0 bridgehead atoms. The van der Waals surface area contributed by atoms with Gasteiger partial charge >= 0.3 is 5.97 Å². The molecular weight excluding hydrogens is 284 g/mol. The third-order valence-corrected chi connectivity index (χ3v) is 4.88. The predicted octanol–water partition coefficient (Wildman–Crippen LogP) is 5.27. The minimum absolute atomic E-state index is 0.00810. The second-order valence-corrected chi connectivity index (χ2v) is 8.62. The molecule has 1 aliphatic rings. The minimum atomic E-state index is -0.0719. The van der Waals surface area contributed by atoms with Crippen LogP contribution < -0.4 is 0 Å². The molecule has 1 aromatic carbocycles. The molecule has 1 fully saturated rings. The van der Waals surface area contributed by atoms with Gasteiger partial charge in [0.1, 0.15) is 6.61 Å². The van der Waals surface area contributed by atoms with Crippen molar-refractivity contribution in [1.82, 2.24) is 0 Å². The van der Waals surface area contributed by atoms with Gasteiger partial charge in [0.25, 0.3) is 0 Å². The van der Waals surface area contributed by atoms with Crippen LogP contribution in [0.25, 0.3) is 0 Å². The highest BCUT2D eigenvalue weighted by Crippen LogP contribution is 2.59. The van der Waals surface area contributed by atoms with Gasteiger partial charge in [-0.25, -0.2) is 0 Å². The quantitative estimate of drug-likeness (QED) is 0.559. The zero-order chi connectivity index (χ0) is 17.4. The van der Waals surface area contributed by atoms with E-state index in [2.05, 4.69) is 78.8 Å². The van der Waals surface area contributed by atoms with Gasteiger partial charge in [0.05, 0.1) is 5.92 Å². The smallest absolute Gasteiger partial charge is 0.310 e. The van der Waals surface area contributed by atoms with Gasteiger partial charge in [-0.1, -0.05) is 70.5 Å². The standard InChI is InChI=1S/C21H30O2/c1-14(2)12-17-18(21(17,6)7)19(22)23-13-15-8-10-16(11-9-15)20(3,4)5/h8-12,17-18H,13H2,1-7H3. The molecule has 126 valence electrons. The Morgan fingerprint density at radius 1 is 1.17 bits per heavy atom. The lowest BCUT2D eigenvalue weighted by molar-refractivity contribution is -0.147. The van der Waals surface area contributed by atoms with Crippen LogP contribution in [-0.4, -0.2) is 5.97 Å². The van der Waals surface area contributed by atoms with Gasteiger partial charge in [-0.2, -0.15) is 0 Å². The van der Waals surface area contributed by atoms with Crippen LogP contribution in [0, 0.1) is 17.3 Å². The molecule has 2 unspecified atom stereocenters. The maximum Gasteiger partial charge on any atom is 0.310 e. The Morgan fingerprint density at radius 3 is 2.22 bits per heavy atom. The van der Waals surface area contributed by atoms with Crippen molar-refractivity contribution in [2.45, 2.75) is 60.5 Å². The van der Waals surface area contributed by atoms with Gasteiger partial charge < -0.3 is 4.74 Å². The van der Waals surface area contributed by atoms with Gasteiger partial charge in [-0.15, -0.1) is 0 Å². The normalized spacial score (nSPS) is 22.4. The zero-order valence-electron chi connectivity index (χ0n) is 15.6. The first-order chi connectivity index (χ1) is 10.5. The van der Waals surface area contributed by atoms with E-state index in [1.807, 2.05) is 0 Å². The fraction of sp³-hybridized carbons (Fsp3) is 0.571. The van der Waals surface area contributed by atoms with E-state index in [0.717, 1.165) is 5.56 Å². The fourth-order valence-electron chi connectivity index (χ4n) is 3.14. The Hall–Kier alpha value is -1.57. The summed E-state index contributed by atoms with van der Waals surface area (Å²) in [6.45, 7) is 15.4. The lowest BCUT2D eigenvalue weighted by Crippen LogP contribution is -2.12. The van der Waals surface area contributed by atoms with Crippen LogP contribution >= 0.6 is 0 Å². The number of carbonyl (C=O) groups is 1. The lowest BCUT2D eigenvalue weighted by atomic mass is 9.87. The first-order valence-corrected chi connectivity index (χ1v) is 8.44. The molecule has 2 atom stereocenters. The van der Waals surface area contributed by atoms with Crippen LogP contribution in [0.3, 0.4) is 0 Å². The van der Waals surface area contributed by atoms with Crippen molar-refractivity contribution in [2.75, 3.05) is 0 Å². The highest BCUT2D eigenvalue weighted by Gasteiger charge is 2.61. The summed E-state index contributed by atoms with van der Waals surface area (Å²) in [5.41, 5.74) is 3.76. The molecule has 1 aliphatic carbocycles. The molecule has 23 heavy (non-hydrogen) atoms. The Morgan fingerprint density at radius 2 is 1.74 bits per heavy atom. The van der Waals surface area contributed by atoms with Crippen molar-refractivity contribution in [3.63, 3.8) is 0 Å². The number of hydrogen-bond acceptors (Lipinski definition) is 2. The molecule has 2 heteroatoms. The van der Waals surface area contributed by atoms with E-state index in [0.29, 0.717) is 12.5 Å². The maximum absolute atomic E-state index is 12.4. The van der Waals surface area contributed by atoms with E-state index >= 15 is 0 Å². The van der Waals surface area contributed by atoms with E-state index in [1.165, 1.54) is 11.1 Å². The van der Waals surface area contributed by atoms with Gasteiger partial charge in [0.2, 0.25) is 0 Å². The van der Waals surface area contributed by atoms with E-state index in [9.17, 15) is 4.79 Å². The summed E-state index contributed by atoms with van der Waals surface area (Å²) < 4.78 is 5.56. The van der Waals surface area contributed by atoms with Crippen molar-refractivity contribution >= 4 is 5.97 Å². The van der Waals surface area contributed by atoms with Crippen molar-refractivity contribution in [3.8, 4) is 0 Å². The molecule has 0 aliphatic heterocycles. The highest BCUT2D eigenvalue weighted by atomic mass is 16.5. The van der Waals surface area contributed by atoms with Gasteiger partial charge in [-0.3, -0.25) is 4.79 Å². The summed E-state index contributed by atoms with van der Waals surface area (Å²) in [6, 6.07) is 8.35. The topological polar surface area (TPSA) is 26.3 Å². The van der Waals surface area contributed by atoms with Crippen LogP contribution in [0.2, 0.25) is 0 Å². The fourth-order valence-corrected chi connectivity index (χ4v) is 3.14. The minimum Gasteiger partial charge on any atom is -0.461 e. The number of ether oxygens (including phenoxy) is 1. The van der Waals surface area contributed by atoms with Crippen LogP contribution in [0.15, 0.2) is 35.9 Å². The third kappa shape index (κ3) is 4.04. The van der Waals surface area contributed by atoms with E-state index in [4.69, 9.17) is 4.74 Å². The van der Waals surface area contributed by atoms with Crippen LogP contribution in [0.1, 0.15) is 59.6 Å². The van der Waals surface area contributed by atoms with Gasteiger partial charge in [-0.05, 0) is 41.7 Å². The number of allylic oxidation sites excluding steroid dienone is 2.